The van der Waals surface area contributed by atoms with E-state index in [-0.39, 0.29) is 5.91 Å². The van der Waals surface area contributed by atoms with Crippen LogP contribution in [-0.2, 0) is 16.0 Å². The summed E-state index contributed by atoms with van der Waals surface area (Å²) in [5, 5.41) is 0. The highest BCUT2D eigenvalue weighted by Crippen LogP contribution is 2.24. The summed E-state index contributed by atoms with van der Waals surface area (Å²) in [5.41, 5.74) is 10.8. The fourth-order valence-electron chi connectivity index (χ4n) is 3.66. The van der Waals surface area contributed by atoms with Gasteiger partial charge in [-0.3, -0.25) is 9.59 Å². The van der Waals surface area contributed by atoms with E-state index >= 15 is 0 Å². The van der Waals surface area contributed by atoms with Crippen LogP contribution < -0.4 is 5.73 Å². The van der Waals surface area contributed by atoms with E-state index in [1.807, 2.05) is 48.5 Å². The number of methoxy groups -OCH3 is 1. The maximum atomic E-state index is 12.8. The molecule has 0 unspecified atom stereocenters. The molecule has 7 heteroatoms. The number of carbonyl (C=O) groups is 2. The average molecular weight is 404 g/mol. The van der Waals surface area contributed by atoms with E-state index < -0.39 is 12.0 Å². The lowest BCUT2D eigenvalue weighted by molar-refractivity contribution is -0.142. The maximum Gasteiger partial charge on any atom is 0.322 e. The number of hydrogen-bond donors (Lipinski definition) is 2. The molecular formula is C23H24N4O3. The van der Waals surface area contributed by atoms with Gasteiger partial charge in [0.25, 0.3) is 5.91 Å². The number of carbonyl (C=O) groups excluding carboxylic acids is 2. The number of fused-ring (bicyclic) bond motifs is 1. The van der Waals surface area contributed by atoms with Crippen molar-refractivity contribution in [2.24, 2.45) is 5.73 Å². The predicted molar refractivity (Wildman–Crippen MR) is 115 cm³/mol. The normalized spacial score (nSPS) is 15.0. The van der Waals surface area contributed by atoms with Crippen molar-refractivity contribution in [2.45, 2.75) is 18.9 Å². The number of ether oxygens (including phenoxy) is 1. The van der Waals surface area contributed by atoms with Crippen LogP contribution in [0.15, 0.2) is 54.6 Å². The van der Waals surface area contributed by atoms with Crippen molar-refractivity contribution >= 4 is 28.5 Å². The van der Waals surface area contributed by atoms with Crippen LogP contribution in [0.2, 0.25) is 0 Å². The summed E-state index contributed by atoms with van der Waals surface area (Å²) in [6, 6.07) is 15.0. The van der Waals surface area contributed by atoms with E-state index in [0.717, 1.165) is 28.6 Å². The Morgan fingerprint density at radius 1 is 1.20 bits per heavy atom. The Labute approximate surface area is 174 Å². The van der Waals surface area contributed by atoms with Crippen LogP contribution >= 0.6 is 0 Å². The molecule has 0 fully saturated rings. The molecule has 0 radical (unpaired) electrons. The van der Waals surface area contributed by atoms with E-state index in [1.54, 1.807) is 4.90 Å². The van der Waals surface area contributed by atoms with Gasteiger partial charge in [0, 0.05) is 13.1 Å². The summed E-state index contributed by atoms with van der Waals surface area (Å²) in [6.07, 6.45) is 3.29. The number of aromatic amines is 1. The molecule has 0 bridgehead atoms. The van der Waals surface area contributed by atoms with Crippen molar-refractivity contribution in [3.05, 3.63) is 71.6 Å². The van der Waals surface area contributed by atoms with Crippen LogP contribution in [0.25, 0.3) is 16.6 Å². The molecule has 2 heterocycles. The van der Waals surface area contributed by atoms with Crippen molar-refractivity contribution in [2.75, 3.05) is 20.2 Å². The number of aromatic nitrogens is 2. The van der Waals surface area contributed by atoms with Gasteiger partial charge in [-0.05, 0) is 41.7 Å². The van der Waals surface area contributed by atoms with E-state index in [4.69, 9.17) is 5.73 Å². The first-order valence-electron chi connectivity index (χ1n) is 9.91. The second kappa shape index (κ2) is 8.51. The molecule has 0 aliphatic carbocycles. The van der Waals surface area contributed by atoms with Gasteiger partial charge in [-0.25, -0.2) is 4.98 Å². The lowest BCUT2D eigenvalue weighted by Crippen LogP contribution is -2.35. The number of amides is 1. The summed E-state index contributed by atoms with van der Waals surface area (Å²) in [7, 11) is 1.34. The van der Waals surface area contributed by atoms with Crippen LogP contribution in [-0.4, -0.2) is 53.0 Å². The minimum atomic E-state index is -0.660. The Morgan fingerprint density at radius 2 is 1.97 bits per heavy atom. The van der Waals surface area contributed by atoms with Crippen molar-refractivity contribution in [3.8, 4) is 0 Å². The Balaban J connectivity index is 1.40. The van der Waals surface area contributed by atoms with Gasteiger partial charge in [0.1, 0.15) is 6.04 Å². The molecule has 0 saturated heterocycles. The fraction of sp³-hybridized carbons (Fsp3) is 0.261. The summed E-state index contributed by atoms with van der Waals surface area (Å²) in [6.45, 7) is 1.18. The van der Waals surface area contributed by atoms with Gasteiger partial charge in [0.15, 0.2) is 5.82 Å². The molecule has 7 nitrogen and oxygen atoms in total. The van der Waals surface area contributed by atoms with Gasteiger partial charge in [-0.1, -0.05) is 42.5 Å². The Hall–Kier alpha value is -3.45. The van der Waals surface area contributed by atoms with Crippen molar-refractivity contribution in [1.29, 1.82) is 0 Å². The van der Waals surface area contributed by atoms with Crippen molar-refractivity contribution in [1.82, 2.24) is 14.9 Å². The summed E-state index contributed by atoms with van der Waals surface area (Å²) in [4.78, 5) is 33.6. The maximum absolute atomic E-state index is 12.8. The van der Waals surface area contributed by atoms with Crippen LogP contribution in [0.4, 0.5) is 0 Å². The average Bonchev–Trinajstić information content (AvgIpc) is 3.23. The third-order valence-corrected chi connectivity index (χ3v) is 5.37. The van der Waals surface area contributed by atoms with Gasteiger partial charge in [-0.15, -0.1) is 0 Å². The molecule has 1 atom stereocenters. The lowest BCUT2D eigenvalue weighted by Gasteiger charge is -2.26. The van der Waals surface area contributed by atoms with Gasteiger partial charge < -0.3 is 20.4 Å². The van der Waals surface area contributed by atoms with Gasteiger partial charge in [-0.2, -0.15) is 0 Å². The Bertz CT molecular complexity index is 1070. The zero-order chi connectivity index (χ0) is 21.1. The van der Waals surface area contributed by atoms with Crippen LogP contribution in [0.3, 0.4) is 0 Å². The van der Waals surface area contributed by atoms with Gasteiger partial charge >= 0.3 is 5.97 Å². The SMILES string of the molecule is COC(=O)[C@@H](N)Cc1ccc(C2=CCN(C(=O)c3nc4ccccc4[nH]3)CC2)cc1. The third kappa shape index (κ3) is 4.11. The first-order chi connectivity index (χ1) is 14.5. The molecule has 3 aromatic rings. The number of nitrogens with two attached hydrogens (primary N) is 1. The molecule has 4 rings (SSSR count). The number of esters is 1. The zero-order valence-electron chi connectivity index (χ0n) is 16.8. The number of imidazole rings is 1. The van der Waals surface area contributed by atoms with E-state index in [2.05, 4.69) is 20.8 Å². The molecule has 0 saturated carbocycles. The fourth-order valence-corrected chi connectivity index (χ4v) is 3.66. The molecule has 3 N–H and O–H groups in total. The second-order valence-electron chi connectivity index (χ2n) is 7.36. The predicted octanol–water partition coefficient (Wildman–Crippen LogP) is 2.54. The molecule has 2 aromatic carbocycles. The quantitative estimate of drug-likeness (QED) is 0.637. The number of rotatable bonds is 5. The second-order valence-corrected chi connectivity index (χ2v) is 7.36. The summed E-state index contributed by atoms with van der Waals surface area (Å²) >= 11 is 0. The smallest absolute Gasteiger partial charge is 0.322 e. The molecule has 30 heavy (non-hydrogen) atoms. The summed E-state index contributed by atoms with van der Waals surface area (Å²) < 4.78 is 4.67. The number of nitrogens with zero attached hydrogens (tertiary/aromatic N) is 2. The highest BCUT2D eigenvalue weighted by atomic mass is 16.5. The molecule has 1 aliphatic heterocycles. The molecule has 1 aliphatic rings. The minimum Gasteiger partial charge on any atom is -0.468 e. The number of benzene rings is 2. The standard InChI is InChI=1S/C23H24N4O3/c1-30-23(29)18(24)14-15-6-8-16(9-7-15)17-10-12-27(13-11-17)22(28)21-25-19-4-2-3-5-20(19)26-21/h2-10,18H,11-14,24H2,1H3,(H,25,26)/t18-/m0/s1. The van der Waals surface area contributed by atoms with Crippen molar-refractivity contribution in [3.63, 3.8) is 0 Å². The molecular weight excluding hydrogens is 380 g/mol. The first kappa shape index (κ1) is 19.8. The Morgan fingerprint density at radius 3 is 2.63 bits per heavy atom. The molecule has 1 amide bonds. The molecule has 1 aromatic heterocycles. The Kier molecular flexibility index (Phi) is 5.63. The molecule has 154 valence electrons. The number of hydrogen-bond acceptors (Lipinski definition) is 5. The first-order valence-corrected chi connectivity index (χ1v) is 9.91. The lowest BCUT2D eigenvalue weighted by atomic mass is 9.97. The van der Waals surface area contributed by atoms with Crippen LogP contribution in [0.1, 0.15) is 28.2 Å². The van der Waals surface area contributed by atoms with E-state index in [1.165, 1.54) is 12.7 Å². The van der Waals surface area contributed by atoms with Gasteiger partial charge in [0.05, 0.1) is 18.1 Å². The minimum absolute atomic E-state index is 0.0892. The highest BCUT2D eigenvalue weighted by molar-refractivity contribution is 5.94. The third-order valence-electron chi connectivity index (χ3n) is 5.37. The van der Waals surface area contributed by atoms with Gasteiger partial charge in [0.2, 0.25) is 0 Å². The number of nitrogens with one attached hydrogen (secondary N) is 1. The van der Waals surface area contributed by atoms with Crippen LogP contribution in [0.5, 0.6) is 0 Å². The van der Waals surface area contributed by atoms with E-state index in [0.29, 0.717) is 25.3 Å². The number of para-hydroxylation sites is 2. The van der Waals surface area contributed by atoms with Crippen LogP contribution in [0, 0.1) is 0 Å². The number of H-pyrrole nitrogens is 1. The summed E-state index contributed by atoms with van der Waals surface area (Å²) in [5.74, 6) is -0.128. The zero-order valence-corrected chi connectivity index (χ0v) is 16.8. The topological polar surface area (TPSA) is 101 Å². The molecule has 0 spiro atoms. The largest absolute Gasteiger partial charge is 0.468 e. The highest BCUT2D eigenvalue weighted by Gasteiger charge is 2.22. The monoisotopic (exact) mass is 404 g/mol. The van der Waals surface area contributed by atoms with Crippen molar-refractivity contribution < 1.29 is 14.3 Å². The van der Waals surface area contributed by atoms with E-state index in [9.17, 15) is 9.59 Å².